The van der Waals surface area contributed by atoms with E-state index in [0.29, 0.717) is 11.7 Å². The molecule has 4 heteroatoms. The summed E-state index contributed by atoms with van der Waals surface area (Å²) in [5.41, 5.74) is 0.547. The molecule has 0 fully saturated rings. The molecule has 0 radical (unpaired) electrons. The van der Waals surface area contributed by atoms with Crippen LogP contribution in [0.15, 0.2) is 91.0 Å². The third-order valence-corrected chi connectivity index (χ3v) is 8.99. The van der Waals surface area contributed by atoms with Crippen molar-refractivity contribution >= 4 is 23.7 Å². The summed E-state index contributed by atoms with van der Waals surface area (Å²) in [5.74, 6) is -0.367. The molecule has 3 aromatic rings. The van der Waals surface area contributed by atoms with Crippen molar-refractivity contribution in [1.29, 1.82) is 0 Å². The second-order valence-corrected chi connectivity index (χ2v) is 10.9. The van der Waals surface area contributed by atoms with E-state index in [4.69, 9.17) is 4.74 Å². The van der Waals surface area contributed by atoms with Gasteiger partial charge in [-0.1, -0.05) is 106 Å². The second kappa shape index (κ2) is 11.1. The van der Waals surface area contributed by atoms with Crippen LogP contribution in [0.2, 0.25) is 0 Å². The van der Waals surface area contributed by atoms with Gasteiger partial charge in [0.25, 0.3) is 0 Å². The van der Waals surface area contributed by atoms with Crippen LogP contribution >= 0.6 is 7.14 Å². The molecule has 31 heavy (non-hydrogen) atoms. The van der Waals surface area contributed by atoms with Gasteiger partial charge in [0.05, 0.1) is 5.56 Å². The van der Waals surface area contributed by atoms with Crippen LogP contribution in [0.4, 0.5) is 0 Å². The van der Waals surface area contributed by atoms with Gasteiger partial charge in [-0.15, -0.1) is 0 Å². The summed E-state index contributed by atoms with van der Waals surface area (Å²) in [6.07, 6.45) is 2.91. The maximum atomic E-state index is 14.4. The lowest BCUT2D eigenvalue weighted by Crippen LogP contribution is -2.31. The van der Waals surface area contributed by atoms with Crippen molar-refractivity contribution in [2.45, 2.75) is 39.2 Å². The molecule has 162 valence electrons. The zero-order valence-corrected chi connectivity index (χ0v) is 19.2. The second-order valence-electron chi connectivity index (χ2n) is 8.02. The summed E-state index contributed by atoms with van der Waals surface area (Å²) in [5, 5.41) is 1.69. The molecule has 3 aromatic carbocycles. The summed E-state index contributed by atoms with van der Waals surface area (Å²) < 4.78 is 20.4. The number of carbonyl (C=O) groups is 1. The molecule has 0 aliphatic rings. The molecule has 0 N–H and O–H groups in total. The van der Waals surface area contributed by atoms with Crippen LogP contribution in [0.1, 0.15) is 43.5 Å². The smallest absolute Gasteiger partial charge is 0.338 e. The fraction of sp³-hybridized carbons (Fsp3) is 0.296. The largest absolute Gasteiger partial charge is 0.458 e. The fourth-order valence-electron chi connectivity index (χ4n) is 3.87. The molecule has 0 unspecified atom stereocenters. The van der Waals surface area contributed by atoms with E-state index in [1.54, 1.807) is 12.1 Å². The van der Waals surface area contributed by atoms with Crippen molar-refractivity contribution in [3.05, 3.63) is 96.6 Å². The Balaban J connectivity index is 1.87. The summed E-state index contributed by atoms with van der Waals surface area (Å²) in [6.45, 7) is 4.18. The first-order chi connectivity index (χ1) is 15.0. The van der Waals surface area contributed by atoms with Crippen molar-refractivity contribution in [3.8, 4) is 0 Å². The molecule has 0 saturated carbocycles. The molecule has 0 amide bonds. The van der Waals surface area contributed by atoms with Crippen LogP contribution in [-0.4, -0.2) is 18.2 Å². The van der Waals surface area contributed by atoms with Crippen LogP contribution in [0.25, 0.3) is 0 Å². The van der Waals surface area contributed by atoms with E-state index in [0.717, 1.165) is 29.9 Å². The lowest BCUT2D eigenvalue weighted by atomic mass is 10.0. The van der Waals surface area contributed by atoms with E-state index in [1.165, 1.54) is 0 Å². The van der Waals surface area contributed by atoms with Crippen LogP contribution in [0.5, 0.6) is 0 Å². The molecule has 0 heterocycles. The van der Waals surface area contributed by atoms with E-state index in [2.05, 4.69) is 13.8 Å². The molecular weight excluding hydrogens is 403 g/mol. The molecule has 2 atom stereocenters. The van der Waals surface area contributed by atoms with Gasteiger partial charge in [0.2, 0.25) is 0 Å². The van der Waals surface area contributed by atoms with E-state index < -0.39 is 7.14 Å². The molecule has 0 aromatic heterocycles. The van der Waals surface area contributed by atoms with Crippen molar-refractivity contribution in [1.82, 2.24) is 0 Å². The van der Waals surface area contributed by atoms with Gasteiger partial charge in [-0.2, -0.15) is 0 Å². The maximum Gasteiger partial charge on any atom is 0.338 e. The number of unbranched alkanes of at least 4 members (excludes halogenated alkanes) is 1. The number of rotatable bonds is 10. The number of carbonyl (C=O) groups excluding carboxylic acids is 1. The highest BCUT2D eigenvalue weighted by atomic mass is 31.2. The first-order valence-electron chi connectivity index (χ1n) is 11.0. The van der Waals surface area contributed by atoms with E-state index in [1.807, 2.05) is 78.9 Å². The van der Waals surface area contributed by atoms with Crippen molar-refractivity contribution in [2.75, 3.05) is 6.16 Å². The van der Waals surface area contributed by atoms with E-state index >= 15 is 0 Å². The molecule has 3 rings (SSSR count). The van der Waals surface area contributed by atoms with Crippen molar-refractivity contribution < 1.29 is 14.1 Å². The van der Waals surface area contributed by atoms with Crippen LogP contribution in [0.3, 0.4) is 0 Å². The minimum absolute atomic E-state index is 0.0505. The summed E-state index contributed by atoms with van der Waals surface area (Å²) >= 11 is 0. The van der Waals surface area contributed by atoms with Crippen LogP contribution in [0, 0.1) is 5.92 Å². The standard InChI is InChI=1S/C27H31O3P/c1-3-4-20-26(30-27(28)23-14-8-5-9-15-23)22(2)21-31(29,24-16-10-6-11-17-24)25-18-12-7-13-19-25/h5-19,22,26H,3-4,20-21H2,1-2H3/t22-,26-/m1/s1. The van der Waals surface area contributed by atoms with Gasteiger partial charge >= 0.3 is 5.97 Å². The number of esters is 1. The SMILES string of the molecule is CCCC[C@@H](OC(=O)c1ccccc1)[C@H](C)CP(=O)(c1ccccc1)c1ccccc1. The Kier molecular flexibility index (Phi) is 8.26. The molecule has 0 aliphatic heterocycles. The Morgan fingerprint density at radius 1 is 0.839 bits per heavy atom. The normalized spacial score (nSPS) is 13.4. The Labute approximate surface area is 185 Å². The minimum Gasteiger partial charge on any atom is -0.458 e. The van der Waals surface area contributed by atoms with Crippen LogP contribution in [-0.2, 0) is 9.30 Å². The molecular formula is C27H31O3P. The Hall–Kier alpha value is -2.64. The topological polar surface area (TPSA) is 43.4 Å². The number of hydrogen-bond donors (Lipinski definition) is 0. The number of benzene rings is 3. The highest BCUT2D eigenvalue weighted by Crippen LogP contribution is 2.46. The quantitative estimate of drug-likeness (QED) is 0.288. The Morgan fingerprint density at radius 2 is 1.32 bits per heavy atom. The highest BCUT2D eigenvalue weighted by molar-refractivity contribution is 7.78. The molecule has 0 aliphatic carbocycles. The lowest BCUT2D eigenvalue weighted by Gasteiger charge is -2.28. The Bertz CT molecular complexity index is 943. The zero-order chi connectivity index (χ0) is 22.1. The minimum atomic E-state index is -2.87. The summed E-state index contributed by atoms with van der Waals surface area (Å²) in [7, 11) is -2.87. The van der Waals surface area contributed by atoms with Gasteiger partial charge in [0, 0.05) is 22.7 Å². The predicted molar refractivity (Wildman–Crippen MR) is 129 cm³/mol. The van der Waals surface area contributed by atoms with Crippen molar-refractivity contribution in [2.24, 2.45) is 5.92 Å². The average molecular weight is 435 g/mol. The molecule has 0 bridgehead atoms. The predicted octanol–water partition coefficient (Wildman–Crippen LogP) is 6.05. The summed E-state index contributed by atoms with van der Waals surface area (Å²) in [6, 6.07) is 28.4. The third kappa shape index (κ3) is 5.95. The first kappa shape index (κ1) is 23.0. The van der Waals surface area contributed by atoms with Gasteiger partial charge < -0.3 is 9.30 Å². The van der Waals surface area contributed by atoms with Gasteiger partial charge in [0.15, 0.2) is 0 Å². The molecule has 3 nitrogen and oxygen atoms in total. The number of hydrogen-bond acceptors (Lipinski definition) is 3. The van der Waals surface area contributed by atoms with E-state index in [-0.39, 0.29) is 18.0 Å². The molecule has 0 spiro atoms. The fourth-order valence-corrected chi connectivity index (χ4v) is 6.94. The van der Waals surface area contributed by atoms with Gasteiger partial charge in [-0.25, -0.2) is 4.79 Å². The maximum absolute atomic E-state index is 14.4. The van der Waals surface area contributed by atoms with Crippen molar-refractivity contribution in [3.63, 3.8) is 0 Å². The van der Waals surface area contributed by atoms with E-state index in [9.17, 15) is 9.36 Å². The van der Waals surface area contributed by atoms with Gasteiger partial charge in [-0.3, -0.25) is 0 Å². The lowest BCUT2D eigenvalue weighted by molar-refractivity contribution is 0.0156. The highest BCUT2D eigenvalue weighted by Gasteiger charge is 2.33. The van der Waals surface area contributed by atoms with Gasteiger partial charge in [0.1, 0.15) is 13.2 Å². The van der Waals surface area contributed by atoms with Crippen LogP contribution < -0.4 is 10.6 Å². The third-order valence-electron chi connectivity index (χ3n) is 5.64. The average Bonchev–Trinajstić information content (AvgIpc) is 2.83. The monoisotopic (exact) mass is 434 g/mol. The zero-order valence-electron chi connectivity index (χ0n) is 18.3. The first-order valence-corrected chi connectivity index (χ1v) is 12.9. The number of ether oxygens (including phenoxy) is 1. The molecule has 0 saturated heterocycles. The Morgan fingerprint density at radius 3 is 1.81 bits per heavy atom. The van der Waals surface area contributed by atoms with Gasteiger partial charge in [-0.05, 0) is 18.6 Å². The summed E-state index contributed by atoms with van der Waals surface area (Å²) in [4.78, 5) is 12.7.